The molecule has 1 aliphatic rings. The topological polar surface area (TPSA) is 78.4 Å². The maximum absolute atomic E-state index is 10.7. The predicted octanol–water partition coefficient (Wildman–Crippen LogP) is -0.682. The molecule has 1 aliphatic heterocycles. The largest absolute Gasteiger partial charge is 0.370 e. The number of carbonyl (C=O) groups excluding carboxylic acids is 2. The average Bonchev–Trinajstić information content (AvgIpc) is 1.84. The first kappa shape index (κ1) is 8.58. The van der Waals surface area contributed by atoms with Gasteiger partial charge in [-0.1, -0.05) is 23.2 Å². The molecule has 0 aliphatic carbocycles. The minimum absolute atomic E-state index is 0.820. The van der Waals surface area contributed by atoms with Crippen LogP contribution in [0.3, 0.4) is 0 Å². The highest BCUT2D eigenvalue weighted by Gasteiger charge is 2.47. The molecule has 0 bridgehead atoms. The number of carbonyl (C=O) groups is 2. The number of alkyl halides is 2. The minimum atomic E-state index is -2.01. The van der Waals surface area contributed by atoms with Gasteiger partial charge in [0.05, 0.1) is 0 Å². The van der Waals surface area contributed by atoms with Crippen molar-refractivity contribution in [1.82, 2.24) is 10.6 Å². The first-order valence-corrected chi connectivity index (χ1v) is 3.38. The summed E-state index contributed by atoms with van der Waals surface area (Å²) in [6.45, 7) is 0. The summed E-state index contributed by atoms with van der Waals surface area (Å²) in [6, 6.07) is -0.820. The van der Waals surface area contributed by atoms with Gasteiger partial charge in [-0.05, 0) is 0 Å². The van der Waals surface area contributed by atoms with Gasteiger partial charge in [-0.2, -0.15) is 0 Å². The quantitative estimate of drug-likeness (QED) is 0.452. The standard InChI is InChI=1S/C4H4Cl2N2O3/c5-4(6)1(9)7-3(11)8-2(4)10/h1,9H,(H2,7,8,10,11)/t1-/m0/s1. The lowest BCUT2D eigenvalue weighted by molar-refractivity contribution is -0.124. The molecule has 11 heavy (non-hydrogen) atoms. The molecule has 3 amide bonds. The number of urea groups is 1. The lowest BCUT2D eigenvalue weighted by Gasteiger charge is -2.29. The fourth-order valence-corrected chi connectivity index (χ4v) is 0.765. The highest BCUT2D eigenvalue weighted by molar-refractivity contribution is 6.59. The number of hydrogen-bond donors (Lipinski definition) is 3. The Morgan fingerprint density at radius 1 is 1.45 bits per heavy atom. The zero-order chi connectivity index (χ0) is 8.65. The van der Waals surface area contributed by atoms with Crippen LogP contribution in [0.5, 0.6) is 0 Å². The van der Waals surface area contributed by atoms with Gasteiger partial charge in [0.15, 0.2) is 6.23 Å². The van der Waals surface area contributed by atoms with Crippen LogP contribution in [0.15, 0.2) is 0 Å². The van der Waals surface area contributed by atoms with E-state index in [1.165, 1.54) is 0 Å². The maximum atomic E-state index is 10.7. The van der Waals surface area contributed by atoms with Gasteiger partial charge in [0.25, 0.3) is 5.91 Å². The number of halogens is 2. The van der Waals surface area contributed by atoms with Crippen LogP contribution in [0.25, 0.3) is 0 Å². The van der Waals surface area contributed by atoms with Crippen molar-refractivity contribution in [3.63, 3.8) is 0 Å². The summed E-state index contributed by atoms with van der Waals surface area (Å²) < 4.78 is -2.01. The molecule has 62 valence electrons. The van der Waals surface area contributed by atoms with Crippen LogP contribution in [0.2, 0.25) is 0 Å². The number of aliphatic hydroxyl groups is 1. The van der Waals surface area contributed by atoms with Gasteiger partial charge >= 0.3 is 6.03 Å². The van der Waals surface area contributed by atoms with Crippen LogP contribution in [-0.2, 0) is 4.79 Å². The number of amides is 3. The van der Waals surface area contributed by atoms with E-state index in [-0.39, 0.29) is 0 Å². The van der Waals surface area contributed by atoms with E-state index in [9.17, 15) is 9.59 Å². The molecule has 0 aromatic rings. The smallest absolute Gasteiger partial charge is 0.323 e. The molecule has 1 fully saturated rings. The molecule has 0 aromatic carbocycles. The van der Waals surface area contributed by atoms with E-state index < -0.39 is 22.5 Å². The predicted molar refractivity (Wildman–Crippen MR) is 37.1 cm³/mol. The molecule has 1 atom stereocenters. The monoisotopic (exact) mass is 198 g/mol. The maximum Gasteiger partial charge on any atom is 0.323 e. The third kappa shape index (κ3) is 1.40. The fraction of sp³-hybridized carbons (Fsp3) is 0.500. The molecule has 7 heteroatoms. The molecular formula is C4H4Cl2N2O3. The number of hydrogen-bond acceptors (Lipinski definition) is 3. The molecule has 1 rings (SSSR count). The summed E-state index contributed by atoms with van der Waals surface area (Å²) >= 11 is 10.7. The highest BCUT2D eigenvalue weighted by atomic mass is 35.5. The van der Waals surface area contributed by atoms with E-state index in [4.69, 9.17) is 28.3 Å². The Labute approximate surface area is 71.7 Å². The van der Waals surface area contributed by atoms with Crippen molar-refractivity contribution in [3.8, 4) is 0 Å². The van der Waals surface area contributed by atoms with E-state index in [1.807, 2.05) is 5.32 Å². The Kier molecular flexibility index (Phi) is 1.96. The highest BCUT2D eigenvalue weighted by Crippen LogP contribution is 2.26. The van der Waals surface area contributed by atoms with Gasteiger partial charge in [-0.25, -0.2) is 4.79 Å². The lowest BCUT2D eigenvalue weighted by atomic mass is 10.3. The van der Waals surface area contributed by atoms with Crippen molar-refractivity contribution < 1.29 is 14.7 Å². The van der Waals surface area contributed by atoms with Crippen LogP contribution >= 0.6 is 23.2 Å². The molecule has 3 N–H and O–H groups in total. The minimum Gasteiger partial charge on any atom is -0.370 e. The number of aliphatic hydroxyl groups excluding tert-OH is 1. The third-order valence-corrected chi connectivity index (χ3v) is 1.90. The van der Waals surface area contributed by atoms with E-state index in [2.05, 4.69) is 0 Å². The zero-order valence-corrected chi connectivity index (χ0v) is 6.61. The first-order chi connectivity index (χ1) is 4.94. The van der Waals surface area contributed by atoms with Crippen LogP contribution in [0, 0.1) is 0 Å². The van der Waals surface area contributed by atoms with Crippen molar-refractivity contribution in [2.75, 3.05) is 0 Å². The summed E-state index contributed by atoms with van der Waals surface area (Å²) in [6.07, 6.45) is -1.58. The van der Waals surface area contributed by atoms with E-state index in [1.54, 1.807) is 5.32 Å². The molecule has 5 nitrogen and oxygen atoms in total. The summed E-state index contributed by atoms with van der Waals surface area (Å²) in [5, 5.41) is 12.6. The molecule has 0 radical (unpaired) electrons. The van der Waals surface area contributed by atoms with Crippen LogP contribution in [-0.4, -0.2) is 27.6 Å². The van der Waals surface area contributed by atoms with Crippen molar-refractivity contribution in [3.05, 3.63) is 0 Å². The van der Waals surface area contributed by atoms with E-state index in [0.29, 0.717) is 0 Å². The van der Waals surface area contributed by atoms with E-state index in [0.717, 1.165) is 0 Å². The lowest BCUT2D eigenvalue weighted by Crippen LogP contribution is -2.63. The first-order valence-electron chi connectivity index (χ1n) is 2.62. The van der Waals surface area contributed by atoms with Crippen molar-refractivity contribution in [1.29, 1.82) is 0 Å². The molecule has 0 aromatic heterocycles. The molecular weight excluding hydrogens is 195 g/mol. The number of rotatable bonds is 0. The van der Waals surface area contributed by atoms with Crippen LogP contribution in [0.4, 0.5) is 4.79 Å². The van der Waals surface area contributed by atoms with Gasteiger partial charge in [0, 0.05) is 0 Å². The van der Waals surface area contributed by atoms with Crippen molar-refractivity contribution >= 4 is 35.1 Å². The summed E-state index contributed by atoms with van der Waals surface area (Å²) in [5.74, 6) is -0.933. The van der Waals surface area contributed by atoms with Gasteiger partial charge < -0.3 is 10.4 Å². The van der Waals surface area contributed by atoms with Gasteiger partial charge in [-0.15, -0.1) is 0 Å². The van der Waals surface area contributed by atoms with Gasteiger partial charge in [-0.3, -0.25) is 10.1 Å². The molecule has 1 saturated heterocycles. The summed E-state index contributed by atoms with van der Waals surface area (Å²) in [5.41, 5.74) is 0. The number of imide groups is 1. The van der Waals surface area contributed by atoms with Crippen molar-refractivity contribution in [2.24, 2.45) is 0 Å². The SMILES string of the molecule is O=C1NC(=O)C(Cl)(Cl)[C@H](O)N1. The Morgan fingerprint density at radius 3 is 2.45 bits per heavy atom. The Balaban J connectivity index is 2.84. The Morgan fingerprint density at radius 2 is 2.00 bits per heavy atom. The van der Waals surface area contributed by atoms with Crippen LogP contribution < -0.4 is 10.6 Å². The molecule has 0 spiro atoms. The van der Waals surface area contributed by atoms with Crippen molar-refractivity contribution in [2.45, 2.75) is 10.6 Å². The Bertz CT molecular complexity index is 217. The second-order valence-corrected chi connectivity index (χ2v) is 3.34. The van der Waals surface area contributed by atoms with E-state index >= 15 is 0 Å². The fourth-order valence-electron chi connectivity index (χ4n) is 0.562. The molecule has 1 heterocycles. The zero-order valence-electron chi connectivity index (χ0n) is 5.10. The average molecular weight is 199 g/mol. The second-order valence-electron chi connectivity index (χ2n) is 1.95. The normalized spacial score (nSPS) is 29.2. The third-order valence-electron chi connectivity index (χ3n) is 1.14. The Hall–Kier alpha value is -0.520. The molecule has 0 saturated carbocycles. The number of nitrogens with one attached hydrogen (secondary N) is 2. The van der Waals surface area contributed by atoms with Crippen LogP contribution in [0.1, 0.15) is 0 Å². The second kappa shape index (κ2) is 2.51. The van der Waals surface area contributed by atoms with Gasteiger partial charge in [0.2, 0.25) is 4.33 Å². The molecule has 0 unspecified atom stereocenters. The summed E-state index contributed by atoms with van der Waals surface area (Å²) in [7, 11) is 0. The summed E-state index contributed by atoms with van der Waals surface area (Å²) in [4.78, 5) is 21.2. The van der Waals surface area contributed by atoms with Gasteiger partial charge in [0.1, 0.15) is 0 Å².